The predicted octanol–water partition coefficient (Wildman–Crippen LogP) is 0.567. The smallest absolute Gasteiger partial charge is 0.224 e. The van der Waals surface area contributed by atoms with E-state index >= 15 is 0 Å². The van der Waals surface area contributed by atoms with E-state index in [0.717, 1.165) is 32.8 Å². The van der Waals surface area contributed by atoms with Crippen LogP contribution in [0.1, 0.15) is 5.56 Å². The van der Waals surface area contributed by atoms with Gasteiger partial charge in [0.1, 0.15) is 13.1 Å². The number of morpholine rings is 1. The zero-order valence-electron chi connectivity index (χ0n) is 11.3. The van der Waals surface area contributed by atoms with Crippen molar-refractivity contribution in [3.8, 4) is 0 Å². The quantitative estimate of drug-likeness (QED) is 0.833. The van der Waals surface area contributed by atoms with Crippen LogP contribution in [0.2, 0.25) is 10.0 Å². The maximum atomic E-state index is 11.9. The van der Waals surface area contributed by atoms with Crippen LogP contribution in [0.4, 0.5) is 0 Å². The van der Waals surface area contributed by atoms with Crippen molar-refractivity contribution in [2.24, 2.45) is 0 Å². The van der Waals surface area contributed by atoms with E-state index in [4.69, 9.17) is 27.9 Å². The molecule has 1 fully saturated rings. The molecule has 1 aliphatic heterocycles. The maximum absolute atomic E-state index is 11.9. The Bertz CT molecular complexity index is 442. The molecule has 0 spiro atoms. The van der Waals surface area contributed by atoms with Gasteiger partial charge in [-0.1, -0.05) is 29.3 Å². The number of ether oxygens (including phenoxy) is 1. The number of carbonyl (C=O) groups is 1. The van der Waals surface area contributed by atoms with Crippen LogP contribution in [0.25, 0.3) is 0 Å². The van der Waals surface area contributed by atoms with E-state index in [9.17, 15) is 4.79 Å². The second kappa shape index (κ2) is 7.84. The molecule has 20 heavy (non-hydrogen) atoms. The molecule has 0 aromatic heterocycles. The van der Waals surface area contributed by atoms with Gasteiger partial charge in [0, 0.05) is 10.0 Å². The van der Waals surface area contributed by atoms with Crippen LogP contribution in [0.3, 0.4) is 0 Å². The van der Waals surface area contributed by atoms with Gasteiger partial charge in [-0.15, -0.1) is 0 Å². The number of rotatable bonds is 5. The minimum atomic E-state index is -0.0485. The fraction of sp³-hybridized carbons (Fsp3) is 0.500. The maximum Gasteiger partial charge on any atom is 0.224 e. The predicted molar refractivity (Wildman–Crippen MR) is 79.6 cm³/mol. The van der Waals surface area contributed by atoms with Crippen LogP contribution in [0, 0.1) is 0 Å². The van der Waals surface area contributed by atoms with Gasteiger partial charge in [-0.3, -0.25) is 4.79 Å². The minimum Gasteiger partial charge on any atom is -0.370 e. The third kappa shape index (κ3) is 4.63. The van der Waals surface area contributed by atoms with E-state index in [1.165, 1.54) is 4.90 Å². The van der Waals surface area contributed by atoms with Crippen molar-refractivity contribution in [1.29, 1.82) is 0 Å². The number of nitrogens with one attached hydrogen (secondary N) is 2. The average Bonchev–Trinajstić information content (AvgIpc) is 2.44. The average molecular weight is 318 g/mol. The van der Waals surface area contributed by atoms with E-state index in [-0.39, 0.29) is 12.3 Å². The van der Waals surface area contributed by atoms with E-state index in [1.807, 2.05) is 0 Å². The number of hydrogen-bond donors (Lipinski definition) is 2. The fourth-order valence-corrected chi connectivity index (χ4v) is 2.74. The number of halogens is 2. The molecule has 0 atom stereocenters. The summed E-state index contributed by atoms with van der Waals surface area (Å²) in [6.07, 6.45) is 0.219. The van der Waals surface area contributed by atoms with Crippen LogP contribution in [0.5, 0.6) is 0 Å². The number of amides is 1. The summed E-state index contributed by atoms with van der Waals surface area (Å²) in [5.41, 5.74) is 0.687. The Kier molecular flexibility index (Phi) is 6.10. The third-order valence-corrected chi connectivity index (χ3v) is 4.11. The second-order valence-electron chi connectivity index (χ2n) is 4.84. The SMILES string of the molecule is O=C(Cc1c(Cl)cccc1Cl)NCC[NH+]1CCOCC1. The lowest BCUT2D eigenvalue weighted by atomic mass is 10.1. The zero-order chi connectivity index (χ0) is 14.4. The molecule has 2 N–H and O–H groups in total. The van der Waals surface area contributed by atoms with Crippen molar-refractivity contribution in [2.45, 2.75) is 6.42 Å². The van der Waals surface area contributed by atoms with Crippen LogP contribution < -0.4 is 10.2 Å². The minimum absolute atomic E-state index is 0.0485. The third-order valence-electron chi connectivity index (χ3n) is 3.40. The Hall–Kier alpha value is -0.810. The molecule has 0 radical (unpaired) electrons. The zero-order valence-corrected chi connectivity index (χ0v) is 12.8. The highest BCUT2D eigenvalue weighted by Gasteiger charge is 2.14. The highest BCUT2D eigenvalue weighted by atomic mass is 35.5. The number of benzene rings is 1. The van der Waals surface area contributed by atoms with Crippen LogP contribution in [0.15, 0.2) is 18.2 Å². The van der Waals surface area contributed by atoms with E-state index in [0.29, 0.717) is 22.2 Å². The largest absolute Gasteiger partial charge is 0.370 e. The first-order valence-corrected chi connectivity index (χ1v) is 7.53. The molecule has 1 aromatic carbocycles. The molecule has 1 aliphatic rings. The lowest BCUT2D eigenvalue weighted by Crippen LogP contribution is -3.14. The Balaban J connectivity index is 1.75. The molecule has 110 valence electrons. The molecule has 1 saturated heterocycles. The van der Waals surface area contributed by atoms with Crippen LogP contribution in [-0.4, -0.2) is 45.3 Å². The Morgan fingerprint density at radius 3 is 2.55 bits per heavy atom. The molecule has 1 amide bonds. The van der Waals surface area contributed by atoms with Crippen molar-refractivity contribution >= 4 is 29.1 Å². The monoisotopic (exact) mass is 317 g/mol. The number of quaternary nitrogens is 1. The standard InChI is InChI=1S/C14H18Cl2N2O2/c15-12-2-1-3-13(16)11(12)10-14(19)17-4-5-18-6-8-20-9-7-18/h1-3H,4-10H2,(H,17,19)/p+1. The molecular weight excluding hydrogens is 299 g/mol. The molecule has 0 aliphatic carbocycles. The topological polar surface area (TPSA) is 42.8 Å². The normalized spacial score (nSPS) is 16.1. The first-order chi connectivity index (χ1) is 9.66. The van der Waals surface area contributed by atoms with Gasteiger partial charge < -0.3 is 15.0 Å². The molecule has 0 unspecified atom stereocenters. The lowest BCUT2D eigenvalue weighted by molar-refractivity contribution is -0.906. The second-order valence-corrected chi connectivity index (χ2v) is 5.65. The van der Waals surface area contributed by atoms with Gasteiger partial charge in [0.2, 0.25) is 5.91 Å². The summed E-state index contributed by atoms with van der Waals surface area (Å²) < 4.78 is 5.29. The summed E-state index contributed by atoms with van der Waals surface area (Å²) in [6, 6.07) is 5.26. The van der Waals surface area contributed by atoms with Crippen molar-refractivity contribution < 1.29 is 14.4 Å². The van der Waals surface area contributed by atoms with Crippen molar-refractivity contribution in [2.75, 3.05) is 39.4 Å². The van der Waals surface area contributed by atoms with Gasteiger partial charge in [-0.25, -0.2) is 0 Å². The Labute approximate surface area is 129 Å². The van der Waals surface area contributed by atoms with Crippen molar-refractivity contribution in [3.63, 3.8) is 0 Å². The highest BCUT2D eigenvalue weighted by molar-refractivity contribution is 6.36. The Morgan fingerprint density at radius 1 is 1.25 bits per heavy atom. The summed E-state index contributed by atoms with van der Waals surface area (Å²) in [4.78, 5) is 13.4. The van der Waals surface area contributed by atoms with Gasteiger partial charge >= 0.3 is 0 Å². The summed E-state index contributed by atoms with van der Waals surface area (Å²) in [6.45, 7) is 5.21. The molecule has 2 rings (SSSR count). The lowest BCUT2D eigenvalue weighted by Gasteiger charge is -2.23. The van der Waals surface area contributed by atoms with Gasteiger partial charge in [-0.05, 0) is 17.7 Å². The van der Waals surface area contributed by atoms with Crippen molar-refractivity contribution in [3.05, 3.63) is 33.8 Å². The van der Waals surface area contributed by atoms with Gasteiger partial charge in [-0.2, -0.15) is 0 Å². The first-order valence-electron chi connectivity index (χ1n) is 6.77. The van der Waals surface area contributed by atoms with Crippen molar-refractivity contribution in [1.82, 2.24) is 5.32 Å². The number of carbonyl (C=O) groups excluding carboxylic acids is 1. The van der Waals surface area contributed by atoms with Gasteiger partial charge in [0.05, 0.1) is 32.7 Å². The van der Waals surface area contributed by atoms with E-state index in [2.05, 4.69) is 5.32 Å². The van der Waals surface area contributed by atoms with Crippen LogP contribution in [-0.2, 0) is 16.0 Å². The van der Waals surface area contributed by atoms with E-state index in [1.54, 1.807) is 18.2 Å². The molecule has 0 saturated carbocycles. The molecule has 1 heterocycles. The number of hydrogen-bond acceptors (Lipinski definition) is 2. The van der Waals surface area contributed by atoms with Gasteiger partial charge in [0.25, 0.3) is 0 Å². The molecular formula is C14H19Cl2N2O2+. The Morgan fingerprint density at radius 2 is 1.90 bits per heavy atom. The molecule has 6 heteroatoms. The van der Waals surface area contributed by atoms with Crippen LogP contribution >= 0.6 is 23.2 Å². The summed E-state index contributed by atoms with van der Waals surface area (Å²) >= 11 is 12.1. The summed E-state index contributed by atoms with van der Waals surface area (Å²) in [7, 11) is 0. The highest BCUT2D eigenvalue weighted by Crippen LogP contribution is 2.24. The first kappa shape index (κ1) is 15.6. The fourth-order valence-electron chi connectivity index (χ4n) is 2.21. The molecule has 4 nitrogen and oxygen atoms in total. The van der Waals surface area contributed by atoms with E-state index < -0.39 is 0 Å². The molecule has 1 aromatic rings. The summed E-state index contributed by atoms with van der Waals surface area (Å²) in [5.74, 6) is -0.0485. The molecule has 0 bridgehead atoms. The van der Waals surface area contributed by atoms with Gasteiger partial charge in [0.15, 0.2) is 0 Å². The summed E-state index contributed by atoms with van der Waals surface area (Å²) in [5, 5.41) is 3.98.